The van der Waals surface area contributed by atoms with Crippen LogP contribution in [0.5, 0.6) is 0 Å². The van der Waals surface area contributed by atoms with Crippen molar-refractivity contribution in [3.05, 3.63) is 34.8 Å². The van der Waals surface area contributed by atoms with Gasteiger partial charge in [0, 0.05) is 22.8 Å². The van der Waals surface area contributed by atoms with Crippen LogP contribution in [-0.4, -0.2) is 4.98 Å². The summed E-state index contributed by atoms with van der Waals surface area (Å²) in [6.45, 7) is 1.89. The number of fused-ring (bicyclic) bond motifs is 2. The first kappa shape index (κ1) is 10.5. The van der Waals surface area contributed by atoms with Crippen LogP contribution >= 0.6 is 0 Å². The number of nitrogens with zero attached hydrogens (tertiary/aromatic N) is 1. The average molecular weight is 230 g/mol. The Bertz CT molecular complexity index is 605. The minimum Gasteiger partial charge on any atom is -0.398 e. The van der Waals surface area contributed by atoms with Crippen molar-refractivity contribution in [2.45, 2.75) is 32.6 Å². The lowest BCUT2D eigenvalue weighted by molar-refractivity contribution is 0.627. The maximum Gasteiger partial charge on any atom is 0.125 e. The molecule has 0 spiro atoms. The molecule has 88 valence electrons. The minimum atomic E-state index is -0.238. The van der Waals surface area contributed by atoms with E-state index in [9.17, 15) is 4.39 Å². The van der Waals surface area contributed by atoms with Crippen LogP contribution in [0.2, 0.25) is 0 Å². The largest absolute Gasteiger partial charge is 0.398 e. The molecule has 3 heteroatoms. The summed E-state index contributed by atoms with van der Waals surface area (Å²) in [4.78, 5) is 4.58. The fourth-order valence-corrected chi connectivity index (χ4v) is 2.76. The van der Waals surface area contributed by atoms with Gasteiger partial charge in [0.05, 0.1) is 5.52 Å². The summed E-state index contributed by atoms with van der Waals surface area (Å²) < 4.78 is 13.4. The van der Waals surface area contributed by atoms with Gasteiger partial charge in [0.2, 0.25) is 0 Å². The molecule has 2 aromatic rings. The second-order valence-corrected chi connectivity index (χ2v) is 4.77. The van der Waals surface area contributed by atoms with Gasteiger partial charge in [-0.15, -0.1) is 0 Å². The summed E-state index contributed by atoms with van der Waals surface area (Å²) in [5.41, 5.74) is 10.8. The molecule has 0 saturated carbocycles. The van der Waals surface area contributed by atoms with E-state index in [1.807, 2.05) is 6.92 Å². The van der Waals surface area contributed by atoms with E-state index in [4.69, 9.17) is 5.73 Å². The van der Waals surface area contributed by atoms with Gasteiger partial charge >= 0.3 is 0 Å². The Hall–Kier alpha value is -1.64. The van der Waals surface area contributed by atoms with Gasteiger partial charge in [0.25, 0.3) is 0 Å². The molecule has 0 bridgehead atoms. The predicted molar refractivity (Wildman–Crippen MR) is 67.5 cm³/mol. The number of halogens is 1. The molecule has 0 saturated heterocycles. The molecule has 1 aromatic carbocycles. The number of rotatable bonds is 0. The molecule has 0 unspecified atom stereocenters. The topological polar surface area (TPSA) is 38.9 Å². The summed E-state index contributed by atoms with van der Waals surface area (Å²) in [6.07, 6.45) is 4.29. The van der Waals surface area contributed by atoms with Crippen LogP contribution in [0, 0.1) is 12.7 Å². The summed E-state index contributed by atoms with van der Waals surface area (Å²) in [5, 5.41) is 0.923. The first-order valence-corrected chi connectivity index (χ1v) is 6.04. The molecule has 1 heterocycles. The number of nitrogen functional groups attached to an aromatic ring is 1. The van der Waals surface area contributed by atoms with Gasteiger partial charge in [-0.3, -0.25) is 4.98 Å². The lowest BCUT2D eigenvalue weighted by Gasteiger charge is -2.19. The summed E-state index contributed by atoms with van der Waals surface area (Å²) in [5.74, 6) is -0.238. The van der Waals surface area contributed by atoms with Crippen LogP contribution in [0.15, 0.2) is 12.1 Å². The highest BCUT2D eigenvalue weighted by molar-refractivity contribution is 5.95. The number of aryl methyl sites for hydroxylation is 2. The van der Waals surface area contributed by atoms with Crippen LogP contribution in [0.3, 0.4) is 0 Å². The zero-order valence-corrected chi connectivity index (χ0v) is 9.89. The van der Waals surface area contributed by atoms with Gasteiger partial charge in [0.1, 0.15) is 5.82 Å². The van der Waals surface area contributed by atoms with Crippen molar-refractivity contribution in [1.82, 2.24) is 4.98 Å². The van der Waals surface area contributed by atoms with E-state index in [0.717, 1.165) is 41.6 Å². The maximum atomic E-state index is 13.4. The first-order valence-electron chi connectivity index (χ1n) is 6.04. The van der Waals surface area contributed by atoms with Crippen molar-refractivity contribution >= 4 is 16.6 Å². The molecule has 0 amide bonds. The van der Waals surface area contributed by atoms with E-state index >= 15 is 0 Å². The molecule has 1 aromatic heterocycles. The number of nitrogens with two attached hydrogens (primary N) is 1. The van der Waals surface area contributed by atoms with E-state index < -0.39 is 0 Å². The highest BCUT2D eigenvalue weighted by atomic mass is 19.1. The molecule has 1 aliphatic carbocycles. The van der Waals surface area contributed by atoms with Crippen molar-refractivity contribution in [3.63, 3.8) is 0 Å². The second kappa shape index (κ2) is 3.69. The number of anilines is 1. The summed E-state index contributed by atoms with van der Waals surface area (Å²) in [7, 11) is 0. The zero-order valence-electron chi connectivity index (χ0n) is 9.89. The summed E-state index contributed by atoms with van der Waals surface area (Å²) >= 11 is 0. The molecule has 2 nitrogen and oxygen atoms in total. The Morgan fingerprint density at radius 3 is 2.82 bits per heavy atom. The predicted octanol–water partition coefficient (Wildman–Crippen LogP) is 3.14. The molecule has 0 atom stereocenters. The molecule has 0 fully saturated rings. The Labute approximate surface area is 99.7 Å². The normalized spacial score (nSPS) is 14.9. The molecule has 0 aliphatic heterocycles. The van der Waals surface area contributed by atoms with E-state index in [0.29, 0.717) is 5.52 Å². The minimum absolute atomic E-state index is 0.238. The number of benzene rings is 1. The third-order valence-corrected chi connectivity index (χ3v) is 3.57. The number of aromatic nitrogens is 1. The highest BCUT2D eigenvalue weighted by Gasteiger charge is 2.17. The van der Waals surface area contributed by atoms with Crippen molar-refractivity contribution in [2.75, 3.05) is 5.73 Å². The Kier molecular flexibility index (Phi) is 2.28. The highest BCUT2D eigenvalue weighted by Crippen LogP contribution is 2.33. The molecule has 3 rings (SSSR count). The fraction of sp³-hybridized carbons (Fsp3) is 0.357. The Morgan fingerprint density at radius 2 is 2.00 bits per heavy atom. The van der Waals surface area contributed by atoms with Gasteiger partial charge in [-0.2, -0.15) is 0 Å². The van der Waals surface area contributed by atoms with Crippen LogP contribution in [0.4, 0.5) is 10.1 Å². The Morgan fingerprint density at radius 1 is 1.24 bits per heavy atom. The van der Waals surface area contributed by atoms with Crippen LogP contribution < -0.4 is 5.73 Å². The van der Waals surface area contributed by atoms with E-state index in [1.165, 1.54) is 24.1 Å². The Balaban J connectivity index is 2.40. The SMILES string of the molecule is Cc1cc(F)cc2nc3c(c(N)c12)CCCC3. The van der Waals surface area contributed by atoms with Crippen LogP contribution in [0.25, 0.3) is 10.9 Å². The average Bonchev–Trinajstić information content (AvgIpc) is 2.28. The quantitative estimate of drug-likeness (QED) is 0.755. The first-order chi connectivity index (χ1) is 8.16. The summed E-state index contributed by atoms with van der Waals surface area (Å²) in [6, 6.07) is 3.00. The van der Waals surface area contributed by atoms with Gasteiger partial charge < -0.3 is 5.73 Å². The number of pyridine rings is 1. The van der Waals surface area contributed by atoms with Crippen LogP contribution in [-0.2, 0) is 12.8 Å². The molecule has 17 heavy (non-hydrogen) atoms. The third kappa shape index (κ3) is 1.57. The molecular formula is C14H15FN2. The molecule has 2 N–H and O–H groups in total. The van der Waals surface area contributed by atoms with Crippen molar-refractivity contribution < 1.29 is 4.39 Å². The van der Waals surface area contributed by atoms with Gasteiger partial charge in [-0.1, -0.05) is 0 Å². The molecule has 0 radical (unpaired) electrons. The standard InChI is InChI=1S/C14H15FN2/c1-8-6-9(15)7-12-13(8)14(16)10-4-2-3-5-11(10)17-12/h6-7H,2-5H2,1H3,(H2,16,17). The lowest BCUT2D eigenvalue weighted by Crippen LogP contribution is -2.10. The monoisotopic (exact) mass is 230 g/mol. The van der Waals surface area contributed by atoms with Crippen molar-refractivity contribution in [2.24, 2.45) is 0 Å². The smallest absolute Gasteiger partial charge is 0.125 e. The van der Waals surface area contributed by atoms with Crippen molar-refractivity contribution in [3.8, 4) is 0 Å². The maximum absolute atomic E-state index is 13.4. The second-order valence-electron chi connectivity index (χ2n) is 4.77. The third-order valence-electron chi connectivity index (χ3n) is 3.57. The van der Waals surface area contributed by atoms with Crippen LogP contribution in [0.1, 0.15) is 29.7 Å². The van der Waals surface area contributed by atoms with Crippen molar-refractivity contribution in [1.29, 1.82) is 0 Å². The molecular weight excluding hydrogens is 215 g/mol. The van der Waals surface area contributed by atoms with Gasteiger partial charge in [-0.05, 0) is 49.8 Å². The number of hydrogen-bond acceptors (Lipinski definition) is 2. The zero-order chi connectivity index (χ0) is 12.0. The lowest BCUT2D eigenvalue weighted by atomic mass is 9.92. The fourth-order valence-electron chi connectivity index (χ4n) is 2.76. The van der Waals surface area contributed by atoms with Gasteiger partial charge in [-0.25, -0.2) is 4.39 Å². The van der Waals surface area contributed by atoms with Gasteiger partial charge in [0.15, 0.2) is 0 Å². The van der Waals surface area contributed by atoms with E-state index in [2.05, 4.69) is 4.98 Å². The van der Waals surface area contributed by atoms with E-state index in [1.54, 1.807) is 0 Å². The molecule has 1 aliphatic rings. The number of hydrogen-bond donors (Lipinski definition) is 1. The van der Waals surface area contributed by atoms with E-state index in [-0.39, 0.29) is 5.82 Å².